The van der Waals surface area contributed by atoms with Gasteiger partial charge in [0.1, 0.15) is 5.60 Å². The highest BCUT2D eigenvalue weighted by molar-refractivity contribution is 7.65. The van der Waals surface area contributed by atoms with Crippen LogP contribution in [0.1, 0.15) is 46.5 Å². The molecular formula is C12H19Cl3O2Si. The second kappa shape index (κ2) is 4.54. The van der Waals surface area contributed by atoms with Gasteiger partial charge in [0, 0.05) is 5.04 Å². The Morgan fingerprint density at radius 3 is 2.39 bits per heavy atom. The van der Waals surface area contributed by atoms with Crippen molar-refractivity contribution < 1.29 is 9.53 Å². The van der Waals surface area contributed by atoms with Crippen LogP contribution in [-0.2, 0) is 9.53 Å². The van der Waals surface area contributed by atoms with Gasteiger partial charge in [0.25, 0.3) is 0 Å². The molecule has 2 aliphatic rings. The summed E-state index contributed by atoms with van der Waals surface area (Å²) in [6.45, 7) is 5.62. The van der Waals surface area contributed by atoms with E-state index in [1.165, 1.54) is 0 Å². The average Bonchev–Trinajstić information content (AvgIpc) is 2.71. The average molecular weight is 330 g/mol. The smallest absolute Gasteiger partial charge is 0.348 e. The Kier molecular flexibility index (Phi) is 3.77. The number of esters is 1. The quantitative estimate of drug-likeness (QED) is 0.422. The predicted octanol–water partition coefficient (Wildman–Crippen LogP) is 4.54. The molecule has 0 aliphatic heterocycles. The van der Waals surface area contributed by atoms with E-state index in [1.807, 2.05) is 20.8 Å². The van der Waals surface area contributed by atoms with E-state index < -0.39 is 11.6 Å². The maximum atomic E-state index is 12.3. The number of hydrogen-bond donors (Lipinski definition) is 0. The first kappa shape index (κ1) is 15.0. The lowest BCUT2D eigenvalue weighted by atomic mass is 9.88. The minimum atomic E-state index is -2.92. The fraction of sp³-hybridized carbons (Fsp3) is 0.917. The minimum absolute atomic E-state index is 0.177. The molecule has 18 heavy (non-hydrogen) atoms. The lowest BCUT2D eigenvalue weighted by Crippen LogP contribution is -2.42. The lowest BCUT2D eigenvalue weighted by molar-refractivity contribution is -0.161. The molecule has 6 heteroatoms. The van der Waals surface area contributed by atoms with Crippen LogP contribution in [0.4, 0.5) is 0 Å². The predicted molar refractivity (Wildman–Crippen MR) is 77.3 cm³/mol. The van der Waals surface area contributed by atoms with Crippen molar-refractivity contribution in [2.45, 2.75) is 57.1 Å². The minimum Gasteiger partial charge on any atom is -0.460 e. The van der Waals surface area contributed by atoms with E-state index in [9.17, 15) is 4.79 Å². The molecule has 0 aromatic rings. The number of rotatable bonds is 2. The lowest BCUT2D eigenvalue weighted by Gasteiger charge is -2.38. The SMILES string of the molecule is CC(C)(C)OC(=O)C1CC2CCC1([Si](Cl)(Cl)Cl)C2. The van der Waals surface area contributed by atoms with Crippen molar-refractivity contribution >= 4 is 45.2 Å². The van der Waals surface area contributed by atoms with Crippen LogP contribution in [0.3, 0.4) is 0 Å². The van der Waals surface area contributed by atoms with Crippen molar-refractivity contribution in [3.05, 3.63) is 0 Å². The Balaban J connectivity index is 2.21. The molecule has 2 fully saturated rings. The molecule has 0 N–H and O–H groups in total. The highest BCUT2D eigenvalue weighted by Crippen LogP contribution is 2.70. The maximum absolute atomic E-state index is 12.3. The summed E-state index contributed by atoms with van der Waals surface area (Å²) < 4.78 is 5.50. The summed E-state index contributed by atoms with van der Waals surface area (Å²) in [5, 5.41) is -0.384. The van der Waals surface area contributed by atoms with Gasteiger partial charge in [-0.25, -0.2) is 0 Å². The molecule has 0 amide bonds. The monoisotopic (exact) mass is 328 g/mol. The molecular weight excluding hydrogens is 311 g/mol. The zero-order valence-electron chi connectivity index (χ0n) is 10.9. The van der Waals surface area contributed by atoms with Crippen LogP contribution in [0.25, 0.3) is 0 Å². The number of ether oxygens (including phenoxy) is 1. The Labute approximate surface area is 123 Å². The third-order valence-electron chi connectivity index (χ3n) is 4.14. The molecule has 2 nitrogen and oxygen atoms in total. The normalized spacial score (nSPS) is 35.9. The van der Waals surface area contributed by atoms with E-state index in [0.717, 1.165) is 25.7 Å². The second-order valence-electron chi connectivity index (χ2n) is 6.58. The second-order valence-corrected chi connectivity index (χ2v) is 15.4. The third kappa shape index (κ3) is 2.56. The van der Waals surface area contributed by atoms with Crippen LogP contribution < -0.4 is 0 Å². The number of carbonyl (C=O) groups excluding carboxylic acids is 1. The molecule has 2 bridgehead atoms. The molecule has 2 rings (SSSR count). The standard InChI is InChI=1S/C12H19Cl3O2Si/c1-11(2,3)17-10(16)9-6-8-4-5-12(9,7-8)18(13,14)15/h8-9H,4-7H2,1-3H3. The number of fused-ring (bicyclic) bond motifs is 2. The first-order valence-corrected chi connectivity index (χ1v) is 11.4. The van der Waals surface area contributed by atoms with Gasteiger partial charge in [-0.15, -0.1) is 33.2 Å². The van der Waals surface area contributed by atoms with E-state index >= 15 is 0 Å². The van der Waals surface area contributed by atoms with E-state index in [2.05, 4.69) is 0 Å². The highest BCUT2D eigenvalue weighted by Gasteiger charge is 2.66. The van der Waals surface area contributed by atoms with Crippen LogP contribution in [0.2, 0.25) is 5.04 Å². The third-order valence-corrected chi connectivity index (χ3v) is 9.46. The van der Waals surface area contributed by atoms with Gasteiger partial charge in [-0.05, 0) is 46.0 Å². The van der Waals surface area contributed by atoms with Crippen molar-refractivity contribution in [3.8, 4) is 0 Å². The van der Waals surface area contributed by atoms with Gasteiger partial charge in [0.05, 0.1) is 5.92 Å². The molecule has 3 unspecified atom stereocenters. The van der Waals surface area contributed by atoms with E-state index in [-0.39, 0.29) is 16.9 Å². The van der Waals surface area contributed by atoms with Crippen LogP contribution in [0.15, 0.2) is 0 Å². The largest absolute Gasteiger partial charge is 0.460 e. The van der Waals surface area contributed by atoms with Crippen molar-refractivity contribution in [1.82, 2.24) is 0 Å². The molecule has 0 saturated heterocycles. The van der Waals surface area contributed by atoms with Gasteiger partial charge in [-0.1, -0.05) is 6.42 Å². The summed E-state index contributed by atoms with van der Waals surface area (Å²) in [5.41, 5.74) is -0.477. The number of halogens is 3. The van der Waals surface area contributed by atoms with E-state index in [4.69, 9.17) is 38.0 Å². The molecule has 3 atom stereocenters. The molecule has 0 aromatic carbocycles. The van der Waals surface area contributed by atoms with Gasteiger partial charge in [-0.2, -0.15) is 0 Å². The fourth-order valence-electron chi connectivity index (χ4n) is 3.41. The summed E-state index contributed by atoms with van der Waals surface area (Å²) in [4.78, 5) is 12.3. The zero-order chi connectivity index (χ0) is 13.8. The summed E-state index contributed by atoms with van der Waals surface area (Å²) in [5.74, 6) is 0.142. The molecule has 104 valence electrons. The molecule has 0 heterocycles. The number of carbonyl (C=O) groups is 1. The molecule has 0 radical (unpaired) electrons. The summed E-state index contributed by atoms with van der Waals surface area (Å²) in [7, 11) is 0. The van der Waals surface area contributed by atoms with Crippen molar-refractivity contribution in [2.75, 3.05) is 0 Å². The fourth-order valence-corrected chi connectivity index (χ4v) is 7.72. The topological polar surface area (TPSA) is 26.3 Å². The molecule has 0 aromatic heterocycles. The molecule has 0 spiro atoms. The summed E-state index contributed by atoms with van der Waals surface area (Å²) in [6, 6.07) is -2.92. The van der Waals surface area contributed by atoms with Crippen LogP contribution in [0, 0.1) is 11.8 Å². The Bertz CT molecular complexity index is 361. The zero-order valence-corrected chi connectivity index (χ0v) is 14.2. The van der Waals surface area contributed by atoms with Crippen LogP contribution in [0.5, 0.6) is 0 Å². The van der Waals surface area contributed by atoms with Crippen molar-refractivity contribution in [3.63, 3.8) is 0 Å². The van der Waals surface area contributed by atoms with E-state index in [0.29, 0.717) is 5.92 Å². The Morgan fingerprint density at radius 2 is 1.94 bits per heavy atom. The highest BCUT2D eigenvalue weighted by atomic mass is 35.8. The maximum Gasteiger partial charge on any atom is 0.348 e. The van der Waals surface area contributed by atoms with Gasteiger partial charge in [-0.3, -0.25) is 4.79 Å². The first-order chi connectivity index (χ1) is 8.05. The van der Waals surface area contributed by atoms with E-state index in [1.54, 1.807) is 0 Å². The van der Waals surface area contributed by atoms with Crippen molar-refractivity contribution in [2.24, 2.45) is 11.8 Å². The summed E-state index contributed by atoms with van der Waals surface area (Å²) >= 11 is 18.9. The van der Waals surface area contributed by atoms with Gasteiger partial charge in [0.15, 0.2) is 0 Å². The van der Waals surface area contributed by atoms with Crippen molar-refractivity contribution in [1.29, 1.82) is 0 Å². The molecule has 2 aliphatic carbocycles. The van der Waals surface area contributed by atoms with Gasteiger partial charge in [0.2, 0.25) is 0 Å². The first-order valence-electron chi connectivity index (χ1n) is 6.35. The van der Waals surface area contributed by atoms with Crippen LogP contribution >= 0.6 is 33.2 Å². The van der Waals surface area contributed by atoms with Gasteiger partial charge >= 0.3 is 12.0 Å². The Morgan fingerprint density at radius 1 is 1.33 bits per heavy atom. The Hall–Kier alpha value is 0.557. The van der Waals surface area contributed by atoms with Crippen LogP contribution in [-0.4, -0.2) is 17.6 Å². The summed E-state index contributed by atoms with van der Waals surface area (Å²) in [6.07, 6.45) is 3.67. The number of hydrogen-bond acceptors (Lipinski definition) is 2. The van der Waals surface area contributed by atoms with Gasteiger partial charge < -0.3 is 4.74 Å². The molecule has 2 saturated carbocycles.